The molecule has 0 aromatic heterocycles. The highest BCUT2D eigenvalue weighted by molar-refractivity contribution is 5.92. The predicted octanol–water partition coefficient (Wildman–Crippen LogP) is 2.83. The standard InChI is InChI=1S/C15H13N3O6/c1-10-2-7-14(13(8-10)18(22)23)24-9-15(19)16-11-3-5-12(6-4-11)17(20)21/h2-8H,9H2,1H3,(H,16,19). The topological polar surface area (TPSA) is 125 Å². The van der Waals surface area contributed by atoms with Crippen molar-refractivity contribution < 1.29 is 19.4 Å². The molecule has 2 aromatic rings. The molecule has 24 heavy (non-hydrogen) atoms. The predicted molar refractivity (Wildman–Crippen MR) is 85.1 cm³/mol. The SMILES string of the molecule is Cc1ccc(OCC(=O)Nc2ccc([N+](=O)[O-])cc2)c([N+](=O)[O-])c1. The number of nitrogens with zero attached hydrogens (tertiary/aromatic N) is 2. The Balaban J connectivity index is 1.98. The Hall–Kier alpha value is -3.49. The van der Waals surface area contributed by atoms with Crippen LogP contribution in [0.15, 0.2) is 42.5 Å². The lowest BCUT2D eigenvalue weighted by Crippen LogP contribution is -2.20. The van der Waals surface area contributed by atoms with E-state index in [1.54, 1.807) is 13.0 Å². The number of nitrogens with one attached hydrogen (secondary N) is 1. The summed E-state index contributed by atoms with van der Waals surface area (Å²) in [5.41, 5.74) is 0.731. The molecular formula is C15H13N3O6. The number of anilines is 1. The molecule has 0 aliphatic carbocycles. The molecule has 9 heteroatoms. The van der Waals surface area contributed by atoms with E-state index in [1.165, 1.54) is 36.4 Å². The van der Waals surface area contributed by atoms with Crippen molar-refractivity contribution in [2.75, 3.05) is 11.9 Å². The second-order valence-corrected chi connectivity index (χ2v) is 4.87. The summed E-state index contributed by atoms with van der Waals surface area (Å²) < 4.78 is 5.19. The monoisotopic (exact) mass is 331 g/mol. The molecule has 0 saturated carbocycles. The maximum Gasteiger partial charge on any atom is 0.311 e. The Kier molecular flexibility index (Phi) is 5.05. The number of hydrogen-bond acceptors (Lipinski definition) is 6. The average molecular weight is 331 g/mol. The summed E-state index contributed by atoms with van der Waals surface area (Å²) in [5, 5.41) is 24.0. The quantitative estimate of drug-likeness (QED) is 0.641. The van der Waals surface area contributed by atoms with E-state index >= 15 is 0 Å². The van der Waals surface area contributed by atoms with Crippen LogP contribution in [0.25, 0.3) is 0 Å². The number of benzene rings is 2. The average Bonchev–Trinajstić information content (AvgIpc) is 2.54. The Labute approximate surface area is 136 Å². The fourth-order valence-electron chi connectivity index (χ4n) is 1.90. The minimum absolute atomic E-state index is 0.00977. The van der Waals surface area contributed by atoms with Crippen molar-refractivity contribution in [2.24, 2.45) is 0 Å². The number of nitro benzene ring substituents is 2. The van der Waals surface area contributed by atoms with Gasteiger partial charge in [0.05, 0.1) is 9.85 Å². The Morgan fingerprint density at radius 3 is 2.33 bits per heavy atom. The zero-order valence-electron chi connectivity index (χ0n) is 12.6. The van der Waals surface area contributed by atoms with Crippen LogP contribution < -0.4 is 10.1 Å². The highest BCUT2D eigenvalue weighted by atomic mass is 16.6. The highest BCUT2D eigenvalue weighted by Crippen LogP contribution is 2.27. The molecule has 2 rings (SSSR count). The molecule has 2 aromatic carbocycles. The molecule has 1 N–H and O–H groups in total. The number of carbonyl (C=O) groups excluding carboxylic acids is 1. The number of hydrogen-bond donors (Lipinski definition) is 1. The van der Waals surface area contributed by atoms with Crippen LogP contribution in [0.3, 0.4) is 0 Å². The summed E-state index contributed by atoms with van der Waals surface area (Å²) in [5.74, 6) is -0.553. The van der Waals surface area contributed by atoms with E-state index in [0.717, 1.165) is 0 Å². The smallest absolute Gasteiger partial charge is 0.311 e. The van der Waals surface area contributed by atoms with Crippen molar-refractivity contribution in [2.45, 2.75) is 6.92 Å². The Morgan fingerprint density at radius 2 is 1.75 bits per heavy atom. The molecule has 0 spiro atoms. The van der Waals surface area contributed by atoms with Crippen LogP contribution in [-0.2, 0) is 4.79 Å². The molecule has 0 fully saturated rings. The number of amides is 1. The van der Waals surface area contributed by atoms with Crippen LogP contribution >= 0.6 is 0 Å². The molecule has 9 nitrogen and oxygen atoms in total. The van der Waals surface area contributed by atoms with Gasteiger partial charge in [0.2, 0.25) is 0 Å². The van der Waals surface area contributed by atoms with Crippen LogP contribution in [-0.4, -0.2) is 22.4 Å². The fourth-order valence-corrected chi connectivity index (χ4v) is 1.90. The number of aryl methyl sites for hydroxylation is 1. The highest BCUT2D eigenvalue weighted by Gasteiger charge is 2.16. The summed E-state index contributed by atoms with van der Waals surface area (Å²) in [6.07, 6.45) is 0. The minimum Gasteiger partial charge on any atom is -0.477 e. The summed E-state index contributed by atoms with van der Waals surface area (Å²) in [4.78, 5) is 32.2. The molecule has 124 valence electrons. The third kappa shape index (κ3) is 4.26. The molecule has 0 unspecified atom stereocenters. The molecule has 0 aliphatic rings. The van der Waals surface area contributed by atoms with Crippen molar-refractivity contribution in [3.63, 3.8) is 0 Å². The third-order valence-corrected chi connectivity index (χ3v) is 3.03. The maximum atomic E-state index is 11.8. The second kappa shape index (κ2) is 7.18. The van der Waals surface area contributed by atoms with E-state index in [0.29, 0.717) is 11.3 Å². The van der Waals surface area contributed by atoms with Gasteiger partial charge in [-0.1, -0.05) is 6.07 Å². The summed E-state index contributed by atoms with van der Waals surface area (Å²) in [6.45, 7) is 1.28. The van der Waals surface area contributed by atoms with E-state index in [-0.39, 0.29) is 17.1 Å². The minimum atomic E-state index is -0.587. The first kappa shape index (κ1) is 16.9. The van der Waals surface area contributed by atoms with E-state index < -0.39 is 22.4 Å². The zero-order chi connectivity index (χ0) is 17.7. The Morgan fingerprint density at radius 1 is 1.08 bits per heavy atom. The fraction of sp³-hybridized carbons (Fsp3) is 0.133. The van der Waals surface area contributed by atoms with Crippen LogP contribution in [0, 0.1) is 27.2 Å². The number of carbonyl (C=O) groups is 1. The summed E-state index contributed by atoms with van der Waals surface area (Å²) >= 11 is 0. The molecule has 1 amide bonds. The van der Waals surface area contributed by atoms with Crippen molar-refractivity contribution in [1.82, 2.24) is 0 Å². The summed E-state index contributed by atoms with van der Waals surface area (Å²) in [6, 6.07) is 9.67. The molecule has 0 atom stereocenters. The van der Waals surface area contributed by atoms with Gasteiger partial charge >= 0.3 is 5.69 Å². The van der Waals surface area contributed by atoms with Crippen molar-refractivity contribution >= 4 is 23.0 Å². The molecule has 0 heterocycles. The van der Waals surface area contributed by atoms with Gasteiger partial charge in [0.1, 0.15) is 0 Å². The van der Waals surface area contributed by atoms with Gasteiger partial charge in [-0.3, -0.25) is 25.0 Å². The van der Waals surface area contributed by atoms with Crippen LogP contribution in [0.2, 0.25) is 0 Å². The molecule has 0 aliphatic heterocycles. The van der Waals surface area contributed by atoms with Gasteiger partial charge in [-0.05, 0) is 30.7 Å². The van der Waals surface area contributed by atoms with Gasteiger partial charge < -0.3 is 10.1 Å². The van der Waals surface area contributed by atoms with Gasteiger partial charge in [-0.25, -0.2) is 0 Å². The van der Waals surface area contributed by atoms with E-state index in [1.807, 2.05) is 0 Å². The first-order chi connectivity index (χ1) is 11.4. The van der Waals surface area contributed by atoms with Gasteiger partial charge in [0, 0.05) is 23.9 Å². The number of rotatable bonds is 6. The Bertz CT molecular complexity index is 788. The number of non-ortho nitro benzene ring substituents is 1. The van der Waals surface area contributed by atoms with Crippen LogP contribution in [0.1, 0.15) is 5.56 Å². The van der Waals surface area contributed by atoms with Crippen molar-refractivity contribution in [3.8, 4) is 5.75 Å². The molecule has 0 saturated heterocycles. The summed E-state index contributed by atoms with van der Waals surface area (Å²) in [7, 11) is 0. The lowest BCUT2D eigenvalue weighted by atomic mass is 10.2. The van der Waals surface area contributed by atoms with Crippen LogP contribution in [0.4, 0.5) is 17.1 Å². The van der Waals surface area contributed by atoms with Gasteiger partial charge in [-0.15, -0.1) is 0 Å². The largest absolute Gasteiger partial charge is 0.477 e. The van der Waals surface area contributed by atoms with Crippen LogP contribution in [0.5, 0.6) is 5.75 Å². The van der Waals surface area contributed by atoms with Crippen molar-refractivity contribution in [3.05, 3.63) is 68.3 Å². The normalized spacial score (nSPS) is 10.0. The lowest BCUT2D eigenvalue weighted by molar-refractivity contribution is -0.385. The molecule has 0 radical (unpaired) electrons. The van der Waals surface area contributed by atoms with E-state index in [4.69, 9.17) is 4.74 Å². The van der Waals surface area contributed by atoms with Gasteiger partial charge in [0.15, 0.2) is 12.4 Å². The number of ether oxygens (including phenoxy) is 1. The van der Waals surface area contributed by atoms with Crippen molar-refractivity contribution in [1.29, 1.82) is 0 Å². The maximum absolute atomic E-state index is 11.8. The van der Waals surface area contributed by atoms with Gasteiger partial charge in [-0.2, -0.15) is 0 Å². The zero-order valence-corrected chi connectivity index (χ0v) is 12.6. The third-order valence-electron chi connectivity index (χ3n) is 3.03. The lowest BCUT2D eigenvalue weighted by Gasteiger charge is -2.08. The molecule has 0 bridgehead atoms. The van der Waals surface area contributed by atoms with E-state index in [2.05, 4.69) is 5.32 Å². The number of nitro groups is 2. The van der Waals surface area contributed by atoms with E-state index in [9.17, 15) is 25.0 Å². The first-order valence-corrected chi connectivity index (χ1v) is 6.79. The first-order valence-electron chi connectivity index (χ1n) is 6.79. The second-order valence-electron chi connectivity index (χ2n) is 4.87. The molecular weight excluding hydrogens is 318 g/mol. The van der Waals surface area contributed by atoms with Gasteiger partial charge in [0.25, 0.3) is 11.6 Å².